The van der Waals surface area contributed by atoms with Gasteiger partial charge in [-0.2, -0.15) is 0 Å². The number of nitrogens with one attached hydrogen (secondary N) is 1. The van der Waals surface area contributed by atoms with Crippen LogP contribution in [-0.2, 0) is 0 Å². The van der Waals surface area contributed by atoms with Gasteiger partial charge in [0, 0.05) is 44.4 Å². The molecule has 0 aromatic heterocycles. The molecule has 0 saturated carbocycles. The molecule has 2 unspecified atom stereocenters. The lowest BCUT2D eigenvalue weighted by atomic mass is 9.91. The first-order valence-corrected chi connectivity index (χ1v) is 9.49. The van der Waals surface area contributed by atoms with Crippen LogP contribution in [0.2, 0.25) is 0 Å². The van der Waals surface area contributed by atoms with Crippen LogP contribution in [0.15, 0.2) is 18.2 Å². The van der Waals surface area contributed by atoms with Gasteiger partial charge in [-0.25, -0.2) is 0 Å². The summed E-state index contributed by atoms with van der Waals surface area (Å²) in [6.07, 6.45) is 2.04. The first kappa shape index (κ1) is 21.4. The maximum atomic E-state index is 12.8. The van der Waals surface area contributed by atoms with E-state index in [2.05, 4.69) is 24.1 Å². The zero-order valence-electron chi connectivity index (χ0n) is 16.0. The summed E-state index contributed by atoms with van der Waals surface area (Å²) in [4.78, 5) is 28.0. The lowest BCUT2D eigenvalue weighted by Crippen LogP contribution is -2.39. The fourth-order valence-corrected chi connectivity index (χ4v) is 4.16. The van der Waals surface area contributed by atoms with Crippen molar-refractivity contribution < 1.29 is 9.72 Å². The third-order valence-electron chi connectivity index (χ3n) is 5.26. The van der Waals surface area contributed by atoms with Gasteiger partial charge in [0.05, 0.1) is 4.92 Å². The molecule has 3 rings (SSSR count). The SMILES string of the molecule is CC1CC(C)CN(c2ccc(C(=O)N3CCCNCC3)cc2[N+](=O)[O-])C1.Cl. The number of hydrogen-bond acceptors (Lipinski definition) is 5. The number of nitro groups is 1. The van der Waals surface area contributed by atoms with Gasteiger partial charge in [0.1, 0.15) is 5.69 Å². The van der Waals surface area contributed by atoms with Gasteiger partial charge in [0.25, 0.3) is 11.6 Å². The van der Waals surface area contributed by atoms with E-state index < -0.39 is 0 Å². The monoisotopic (exact) mass is 396 g/mol. The van der Waals surface area contributed by atoms with Crippen molar-refractivity contribution in [3.63, 3.8) is 0 Å². The molecule has 2 aliphatic rings. The first-order valence-electron chi connectivity index (χ1n) is 9.49. The topological polar surface area (TPSA) is 78.7 Å². The number of hydrogen-bond donors (Lipinski definition) is 1. The minimum atomic E-state index is -0.361. The Hall–Kier alpha value is -1.86. The van der Waals surface area contributed by atoms with Crippen LogP contribution in [0.1, 0.15) is 37.0 Å². The van der Waals surface area contributed by atoms with Gasteiger partial charge in [-0.05, 0) is 43.4 Å². The van der Waals surface area contributed by atoms with Crippen LogP contribution in [-0.4, -0.2) is 55.0 Å². The van der Waals surface area contributed by atoms with Crippen molar-refractivity contribution in [1.82, 2.24) is 10.2 Å². The number of amides is 1. The fraction of sp³-hybridized carbons (Fsp3) is 0.632. The predicted octanol–water partition coefficient (Wildman–Crippen LogP) is 2.93. The molecular weight excluding hydrogens is 368 g/mol. The highest BCUT2D eigenvalue weighted by Gasteiger charge is 2.28. The van der Waals surface area contributed by atoms with Gasteiger partial charge < -0.3 is 15.1 Å². The highest BCUT2D eigenvalue weighted by molar-refractivity contribution is 5.95. The Morgan fingerprint density at radius 3 is 2.56 bits per heavy atom. The molecule has 2 heterocycles. The van der Waals surface area contributed by atoms with E-state index in [0.29, 0.717) is 36.2 Å². The van der Waals surface area contributed by atoms with Crippen LogP contribution >= 0.6 is 12.4 Å². The second kappa shape index (κ2) is 9.37. The van der Waals surface area contributed by atoms with E-state index in [4.69, 9.17) is 0 Å². The van der Waals surface area contributed by atoms with Gasteiger partial charge in [0.15, 0.2) is 0 Å². The Labute approximate surface area is 166 Å². The Balaban J connectivity index is 0.00000261. The Morgan fingerprint density at radius 2 is 1.89 bits per heavy atom. The minimum absolute atomic E-state index is 0. The number of nitro benzene ring substituents is 1. The molecule has 1 amide bonds. The third-order valence-corrected chi connectivity index (χ3v) is 5.26. The van der Waals surface area contributed by atoms with Crippen LogP contribution in [0.25, 0.3) is 0 Å². The summed E-state index contributed by atoms with van der Waals surface area (Å²) in [6.45, 7) is 8.97. The second-order valence-corrected chi connectivity index (χ2v) is 7.71. The molecule has 0 radical (unpaired) electrons. The predicted molar refractivity (Wildman–Crippen MR) is 109 cm³/mol. The van der Waals surface area contributed by atoms with E-state index in [0.717, 1.165) is 39.0 Å². The van der Waals surface area contributed by atoms with Crippen LogP contribution in [0, 0.1) is 22.0 Å². The van der Waals surface area contributed by atoms with Gasteiger partial charge >= 0.3 is 0 Å². The van der Waals surface area contributed by atoms with Crippen LogP contribution in [0.4, 0.5) is 11.4 Å². The van der Waals surface area contributed by atoms with Crippen molar-refractivity contribution in [3.05, 3.63) is 33.9 Å². The fourth-order valence-electron chi connectivity index (χ4n) is 4.16. The molecule has 8 heteroatoms. The summed E-state index contributed by atoms with van der Waals surface area (Å²) < 4.78 is 0. The highest BCUT2D eigenvalue weighted by atomic mass is 35.5. The molecule has 1 N–H and O–H groups in total. The number of anilines is 1. The summed E-state index contributed by atoms with van der Waals surface area (Å²) >= 11 is 0. The second-order valence-electron chi connectivity index (χ2n) is 7.71. The van der Waals surface area contributed by atoms with Crippen LogP contribution < -0.4 is 10.2 Å². The van der Waals surface area contributed by atoms with Gasteiger partial charge in [0.2, 0.25) is 0 Å². The first-order chi connectivity index (χ1) is 12.5. The lowest BCUT2D eigenvalue weighted by Gasteiger charge is -2.36. The van der Waals surface area contributed by atoms with Crippen molar-refractivity contribution in [2.75, 3.05) is 44.2 Å². The van der Waals surface area contributed by atoms with Crippen molar-refractivity contribution in [3.8, 4) is 0 Å². The number of carbonyl (C=O) groups excluding carboxylic acids is 1. The number of benzene rings is 1. The van der Waals surface area contributed by atoms with Crippen molar-refractivity contribution in [1.29, 1.82) is 0 Å². The molecule has 2 atom stereocenters. The molecule has 1 aromatic carbocycles. The average molecular weight is 397 g/mol. The van der Waals surface area contributed by atoms with E-state index in [1.165, 1.54) is 6.07 Å². The molecule has 0 bridgehead atoms. The van der Waals surface area contributed by atoms with Crippen LogP contribution in [0.3, 0.4) is 0 Å². The van der Waals surface area contributed by atoms with Gasteiger partial charge in [-0.1, -0.05) is 13.8 Å². The highest BCUT2D eigenvalue weighted by Crippen LogP contribution is 2.34. The summed E-state index contributed by atoms with van der Waals surface area (Å²) in [5.74, 6) is 0.886. The third kappa shape index (κ3) is 5.11. The summed E-state index contributed by atoms with van der Waals surface area (Å²) in [7, 11) is 0. The van der Waals surface area contributed by atoms with Crippen molar-refractivity contribution in [2.45, 2.75) is 26.7 Å². The number of nitrogens with zero attached hydrogens (tertiary/aromatic N) is 3. The summed E-state index contributed by atoms with van der Waals surface area (Å²) in [5, 5.41) is 14.9. The van der Waals surface area contributed by atoms with Gasteiger partial charge in [-0.3, -0.25) is 14.9 Å². The maximum Gasteiger partial charge on any atom is 0.293 e. The van der Waals surface area contributed by atoms with Crippen molar-refractivity contribution >= 4 is 29.7 Å². The molecule has 7 nitrogen and oxygen atoms in total. The van der Waals surface area contributed by atoms with E-state index in [1.807, 2.05) is 0 Å². The Bertz CT molecular complexity index is 667. The Kier molecular flexibility index (Phi) is 7.44. The quantitative estimate of drug-likeness (QED) is 0.627. The summed E-state index contributed by atoms with van der Waals surface area (Å²) in [5.41, 5.74) is 1.06. The smallest absolute Gasteiger partial charge is 0.293 e. The average Bonchev–Trinajstić information content (AvgIpc) is 2.89. The normalized spacial score (nSPS) is 23.3. The molecule has 1 aromatic rings. The molecule has 2 saturated heterocycles. The molecule has 0 aliphatic carbocycles. The minimum Gasteiger partial charge on any atom is -0.365 e. The maximum absolute atomic E-state index is 12.8. The standard InChI is InChI=1S/C19H28N4O3.ClH/c1-14-10-15(2)13-22(12-14)17-5-4-16(11-18(17)23(25)26)19(24)21-8-3-6-20-7-9-21;/h4-5,11,14-15,20H,3,6-10,12-13H2,1-2H3;1H. The number of piperidine rings is 1. The largest absolute Gasteiger partial charge is 0.365 e. The molecule has 2 aliphatic heterocycles. The molecule has 150 valence electrons. The van der Waals surface area contributed by atoms with Crippen LogP contribution in [0.5, 0.6) is 0 Å². The summed E-state index contributed by atoms with van der Waals surface area (Å²) in [6, 6.07) is 4.96. The van der Waals surface area contributed by atoms with E-state index in [1.54, 1.807) is 17.0 Å². The number of halogens is 1. The molecule has 0 spiro atoms. The van der Waals surface area contributed by atoms with Gasteiger partial charge in [-0.15, -0.1) is 12.4 Å². The Morgan fingerprint density at radius 1 is 1.19 bits per heavy atom. The molecule has 2 fully saturated rings. The number of rotatable bonds is 3. The van der Waals surface area contributed by atoms with Crippen molar-refractivity contribution in [2.24, 2.45) is 11.8 Å². The zero-order chi connectivity index (χ0) is 18.7. The molecule has 27 heavy (non-hydrogen) atoms. The van der Waals surface area contributed by atoms with E-state index in [-0.39, 0.29) is 28.9 Å². The lowest BCUT2D eigenvalue weighted by molar-refractivity contribution is -0.384. The number of carbonyl (C=O) groups is 1. The zero-order valence-corrected chi connectivity index (χ0v) is 16.8. The van der Waals surface area contributed by atoms with E-state index in [9.17, 15) is 14.9 Å². The molecular formula is C19H29ClN4O3. The van der Waals surface area contributed by atoms with E-state index >= 15 is 0 Å².